The van der Waals surface area contributed by atoms with Crippen LogP contribution in [0.4, 0.5) is 11.6 Å². The maximum Gasteiger partial charge on any atom is 0.133 e. The fourth-order valence-electron chi connectivity index (χ4n) is 3.60. The summed E-state index contributed by atoms with van der Waals surface area (Å²) in [6, 6.07) is 10.6. The molecule has 28 heavy (non-hydrogen) atoms. The highest BCUT2D eigenvalue weighted by Crippen LogP contribution is 2.21. The maximum atomic E-state index is 4.69. The maximum absolute atomic E-state index is 4.69. The summed E-state index contributed by atoms with van der Waals surface area (Å²) in [5, 5.41) is 3.62. The Morgan fingerprint density at radius 3 is 2.54 bits per heavy atom. The minimum Gasteiger partial charge on any atom is -0.353 e. The molecule has 0 unspecified atom stereocenters. The summed E-state index contributed by atoms with van der Waals surface area (Å²) in [6.45, 7) is 7.71. The zero-order valence-electron chi connectivity index (χ0n) is 16.3. The van der Waals surface area contributed by atoms with Crippen LogP contribution in [0.5, 0.6) is 0 Å². The minimum atomic E-state index is 0.350. The molecule has 7 nitrogen and oxygen atoms in total. The molecule has 1 aliphatic rings. The quantitative estimate of drug-likeness (QED) is 0.681. The van der Waals surface area contributed by atoms with Crippen molar-refractivity contribution in [3.05, 3.63) is 67.0 Å². The second-order valence-electron chi connectivity index (χ2n) is 7.19. The second kappa shape index (κ2) is 8.84. The summed E-state index contributed by atoms with van der Waals surface area (Å²) in [6.07, 6.45) is 9.41. The van der Waals surface area contributed by atoms with Gasteiger partial charge in [0.2, 0.25) is 0 Å². The molecule has 3 aromatic heterocycles. The third kappa shape index (κ3) is 4.48. The van der Waals surface area contributed by atoms with E-state index in [0.29, 0.717) is 6.04 Å². The van der Waals surface area contributed by atoms with E-state index < -0.39 is 0 Å². The summed E-state index contributed by atoms with van der Waals surface area (Å²) in [5.41, 5.74) is 1.24. The highest BCUT2D eigenvalue weighted by Gasteiger charge is 2.20. The first-order valence-corrected chi connectivity index (χ1v) is 9.83. The first kappa shape index (κ1) is 18.4. The van der Waals surface area contributed by atoms with Crippen LogP contribution in [0.3, 0.4) is 0 Å². The van der Waals surface area contributed by atoms with Gasteiger partial charge in [0.25, 0.3) is 0 Å². The molecule has 7 heteroatoms. The lowest BCUT2D eigenvalue weighted by Gasteiger charge is -2.36. The van der Waals surface area contributed by atoms with Gasteiger partial charge in [0.15, 0.2) is 0 Å². The zero-order valence-corrected chi connectivity index (χ0v) is 16.3. The van der Waals surface area contributed by atoms with Crippen LogP contribution in [0, 0.1) is 0 Å². The Balaban J connectivity index is 1.35. The number of hydrogen-bond acceptors (Lipinski definition) is 6. The molecule has 0 saturated carbocycles. The normalized spacial score (nSPS) is 15.6. The molecule has 1 N–H and O–H groups in total. The van der Waals surface area contributed by atoms with E-state index in [1.807, 2.05) is 49.3 Å². The first-order valence-electron chi connectivity index (χ1n) is 9.83. The van der Waals surface area contributed by atoms with Crippen LogP contribution in [0.15, 0.2) is 61.4 Å². The van der Waals surface area contributed by atoms with E-state index in [0.717, 1.165) is 50.9 Å². The van der Waals surface area contributed by atoms with Crippen molar-refractivity contribution >= 4 is 11.6 Å². The molecule has 1 saturated heterocycles. The van der Waals surface area contributed by atoms with Crippen molar-refractivity contribution in [1.82, 2.24) is 24.8 Å². The summed E-state index contributed by atoms with van der Waals surface area (Å²) in [5.74, 6) is 2.14. The van der Waals surface area contributed by atoms with Gasteiger partial charge in [-0.05, 0) is 25.1 Å². The molecule has 4 rings (SSSR count). The van der Waals surface area contributed by atoms with E-state index >= 15 is 0 Å². The van der Waals surface area contributed by atoms with Crippen molar-refractivity contribution in [1.29, 1.82) is 0 Å². The standard InChI is InChI=1S/C21H27N7/c1-18(16-26-10-9-22-17-26)25-15-19-5-4-8-24-21(19)28-13-11-27(12-14-28)20-6-2-3-7-23-20/h2-10,17-18,25H,11-16H2,1H3/t18-/m0/s1. The number of imidazole rings is 1. The van der Waals surface area contributed by atoms with Crippen LogP contribution in [0.1, 0.15) is 12.5 Å². The minimum absolute atomic E-state index is 0.350. The van der Waals surface area contributed by atoms with Gasteiger partial charge in [-0.3, -0.25) is 0 Å². The van der Waals surface area contributed by atoms with Crippen molar-refractivity contribution in [2.75, 3.05) is 36.0 Å². The first-order chi connectivity index (χ1) is 13.8. The average Bonchev–Trinajstić information content (AvgIpc) is 3.26. The van der Waals surface area contributed by atoms with Crippen LogP contribution >= 0.6 is 0 Å². The summed E-state index contributed by atoms with van der Waals surface area (Å²) in [4.78, 5) is 18.0. The Kier molecular flexibility index (Phi) is 5.82. The van der Waals surface area contributed by atoms with Crippen molar-refractivity contribution in [3.8, 4) is 0 Å². The molecule has 4 heterocycles. The number of rotatable bonds is 7. The number of aromatic nitrogens is 4. The molecule has 146 valence electrons. The Morgan fingerprint density at radius 1 is 0.964 bits per heavy atom. The molecule has 0 radical (unpaired) electrons. The van der Waals surface area contributed by atoms with E-state index in [4.69, 9.17) is 4.98 Å². The van der Waals surface area contributed by atoms with E-state index in [-0.39, 0.29) is 0 Å². The van der Waals surface area contributed by atoms with E-state index in [9.17, 15) is 0 Å². The van der Waals surface area contributed by atoms with Gasteiger partial charge in [-0.25, -0.2) is 15.0 Å². The van der Waals surface area contributed by atoms with Gasteiger partial charge < -0.3 is 19.7 Å². The van der Waals surface area contributed by atoms with Crippen molar-refractivity contribution in [3.63, 3.8) is 0 Å². The monoisotopic (exact) mass is 377 g/mol. The van der Waals surface area contributed by atoms with Crippen molar-refractivity contribution in [2.24, 2.45) is 0 Å². The van der Waals surface area contributed by atoms with E-state index in [1.54, 1.807) is 0 Å². The van der Waals surface area contributed by atoms with Crippen molar-refractivity contribution in [2.45, 2.75) is 26.1 Å². The van der Waals surface area contributed by atoms with Gasteiger partial charge in [0, 0.05) is 75.7 Å². The zero-order chi connectivity index (χ0) is 19.2. The van der Waals surface area contributed by atoms with Gasteiger partial charge >= 0.3 is 0 Å². The molecule has 0 amide bonds. The van der Waals surface area contributed by atoms with Gasteiger partial charge in [0.1, 0.15) is 11.6 Å². The lowest BCUT2D eigenvalue weighted by molar-refractivity contribution is 0.475. The number of piperazine rings is 1. The number of nitrogens with zero attached hydrogens (tertiary/aromatic N) is 6. The summed E-state index contributed by atoms with van der Waals surface area (Å²) in [7, 11) is 0. The number of anilines is 2. The van der Waals surface area contributed by atoms with Crippen molar-refractivity contribution < 1.29 is 0 Å². The Labute approximate surface area is 166 Å². The van der Waals surface area contributed by atoms with Crippen LogP contribution in [-0.4, -0.2) is 51.7 Å². The molecule has 1 fully saturated rings. The Bertz CT molecular complexity index is 842. The van der Waals surface area contributed by atoms with Gasteiger partial charge in [0.05, 0.1) is 6.33 Å². The molecule has 1 aliphatic heterocycles. The number of pyridine rings is 2. The number of nitrogens with one attached hydrogen (secondary N) is 1. The Morgan fingerprint density at radius 2 is 1.79 bits per heavy atom. The smallest absolute Gasteiger partial charge is 0.133 e. The average molecular weight is 377 g/mol. The summed E-state index contributed by atoms with van der Waals surface area (Å²) < 4.78 is 2.10. The lowest BCUT2D eigenvalue weighted by atomic mass is 10.2. The number of hydrogen-bond donors (Lipinski definition) is 1. The molecule has 0 spiro atoms. The molecule has 0 bridgehead atoms. The van der Waals surface area contributed by atoms with E-state index in [1.165, 1.54) is 5.56 Å². The SMILES string of the molecule is C[C@@H](Cn1ccnc1)NCc1cccnc1N1CCN(c2ccccn2)CC1. The third-order valence-corrected chi connectivity index (χ3v) is 5.10. The van der Waals surface area contributed by atoms with Crippen LogP contribution in [-0.2, 0) is 13.1 Å². The molecule has 1 atom stereocenters. The van der Waals surface area contributed by atoms with Gasteiger partial charge in [-0.2, -0.15) is 0 Å². The molecule has 0 aliphatic carbocycles. The fourth-order valence-corrected chi connectivity index (χ4v) is 3.60. The lowest BCUT2D eigenvalue weighted by Crippen LogP contribution is -2.47. The largest absolute Gasteiger partial charge is 0.353 e. The van der Waals surface area contributed by atoms with Crippen LogP contribution in [0.2, 0.25) is 0 Å². The molecule has 0 aromatic carbocycles. The fraction of sp³-hybridized carbons (Fsp3) is 0.381. The van der Waals surface area contributed by atoms with Gasteiger partial charge in [-0.15, -0.1) is 0 Å². The topological polar surface area (TPSA) is 62.1 Å². The molecule has 3 aromatic rings. The molecular weight excluding hydrogens is 350 g/mol. The highest BCUT2D eigenvalue weighted by molar-refractivity contribution is 5.49. The predicted molar refractivity (Wildman–Crippen MR) is 111 cm³/mol. The summed E-state index contributed by atoms with van der Waals surface area (Å²) >= 11 is 0. The Hall–Kier alpha value is -2.93. The van der Waals surface area contributed by atoms with Gasteiger partial charge in [-0.1, -0.05) is 12.1 Å². The third-order valence-electron chi connectivity index (χ3n) is 5.10. The predicted octanol–water partition coefficient (Wildman–Crippen LogP) is 2.18. The highest BCUT2D eigenvalue weighted by atomic mass is 15.3. The van der Waals surface area contributed by atoms with Crippen LogP contribution in [0.25, 0.3) is 0 Å². The van der Waals surface area contributed by atoms with Crippen LogP contribution < -0.4 is 15.1 Å². The molecular formula is C21H27N7. The second-order valence-corrected chi connectivity index (χ2v) is 7.19. The van der Waals surface area contributed by atoms with E-state index in [2.05, 4.69) is 48.7 Å².